The molecule has 2 unspecified atom stereocenters. The van der Waals surface area contributed by atoms with Crippen LogP contribution in [0, 0.1) is 11.8 Å². The van der Waals surface area contributed by atoms with Crippen LogP contribution >= 0.6 is 0 Å². The van der Waals surface area contributed by atoms with Gasteiger partial charge in [0, 0.05) is 6.54 Å². The predicted molar refractivity (Wildman–Crippen MR) is 76.4 cm³/mol. The maximum absolute atomic E-state index is 3.63. The number of nitrogens with one attached hydrogen (secondary N) is 1. The maximum Gasteiger partial charge on any atom is 0.00191 e. The van der Waals surface area contributed by atoms with E-state index < -0.39 is 0 Å². The maximum atomic E-state index is 3.63. The van der Waals surface area contributed by atoms with E-state index in [1.54, 1.807) is 0 Å². The summed E-state index contributed by atoms with van der Waals surface area (Å²) in [6.07, 6.45) is 6.93. The molecule has 102 valence electrons. The Kier molecular flexibility index (Phi) is 7.87. The number of nitrogens with zero attached hydrogens (tertiary/aromatic N) is 1. The van der Waals surface area contributed by atoms with Gasteiger partial charge in [-0.3, -0.25) is 0 Å². The van der Waals surface area contributed by atoms with Crippen molar-refractivity contribution in [3.8, 4) is 0 Å². The summed E-state index contributed by atoms with van der Waals surface area (Å²) < 4.78 is 0. The summed E-state index contributed by atoms with van der Waals surface area (Å²) in [7, 11) is 0. The van der Waals surface area contributed by atoms with Crippen molar-refractivity contribution in [1.82, 2.24) is 10.2 Å². The Hall–Kier alpha value is -0.0800. The molecule has 1 N–H and O–H groups in total. The van der Waals surface area contributed by atoms with Crippen LogP contribution in [-0.2, 0) is 0 Å². The lowest BCUT2D eigenvalue weighted by molar-refractivity contribution is 0.198. The highest BCUT2D eigenvalue weighted by molar-refractivity contribution is 4.69. The first kappa shape index (κ1) is 15.0. The zero-order chi connectivity index (χ0) is 12.5. The summed E-state index contributed by atoms with van der Waals surface area (Å²) in [6, 6.07) is 0. The van der Waals surface area contributed by atoms with Gasteiger partial charge in [0.05, 0.1) is 0 Å². The van der Waals surface area contributed by atoms with E-state index in [1.165, 1.54) is 64.8 Å². The Bertz CT molecular complexity index is 176. The topological polar surface area (TPSA) is 15.3 Å². The molecule has 0 radical (unpaired) electrons. The minimum atomic E-state index is 0.793. The van der Waals surface area contributed by atoms with Crippen LogP contribution < -0.4 is 5.32 Å². The Balaban J connectivity index is 2.02. The molecule has 0 aromatic heterocycles. The molecule has 0 spiro atoms. The molecule has 0 aromatic rings. The SMILES string of the molecule is CCCC(C)CNCC(C)CN1CCCCC1. The number of rotatable bonds is 8. The first-order chi connectivity index (χ1) is 8.22. The Morgan fingerprint density at radius 2 is 1.65 bits per heavy atom. The van der Waals surface area contributed by atoms with Crippen molar-refractivity contribution < 1.29 is 0 Å². The molecule has 2 atom stereocenters. The first-order valence-electron chi connectivity index (χ1n) is 7.65. The fraction of sp³-hybridized carbons (Fsp3) is 1.00. The third kappa shape index (κ3) is 7.05. The molecular formula is C15H32N2. The molecular weight excluding hydrogens is 208 g/mol. The molecule has 0 aliphatic carbocycles. The minimum absolute atomic E-state index is 0.793. The van der Waals surface area contributed by atoms with E-state index in [2.05, 4.69) is 31.0 Å². The van der Waals surface area contributed by atoms with Crippen LogP contribution in [0.25, 0.3) is 0 Å². The van der Waals surface area contributed by atoms with Gasteiger partial charge in [0.1, 0.15) is 0 Å². The Morgan fingerprint density at radius 3 is 2.29 bits per heavy atom. The van der Waals surface area contributed by atoms with Crippen LogP contribution in [0.1, 0.15) is 52.9 Å². The molecule has 0 aromatic carbocycles. The molecule has 17 heavy (non-hydrogen) atoms. The number of hydrogen-bond donors (Lipinski definition) is 1. The largest absolute Gasteiger partial charge is 0.316 e. The van der Waals surface area contributed by atoms with Crippen LogP contribution in [0.3, 0.4) is 0 Å². The molecule has 1 heterocycles. The quantitative estimate of drug-likeness (QED) is 0.701. The fourth-order valence-corrected chi connectivity index (χ4v) is 2.82. The molecule has 1 fully saturated rings. The molecule has 0 saturated carbocycles. The fourth-order valence-electron chi connectivity index (χ4n) is 2.82. The lowest BCUT2D eigenvalue weighted by Gasteiger charge is -2.29. The van der Waals surface area contributed by atoms with Gasteiger partial charge in [-0.1, -0.05) is 33.6 Å². The predicted octanol–water partition coefficient (Wildman–Crippen LogP) is 3.13. The minimum Gasteiger partial charge on any atom is -0.316 e. The number of piperidine rings is 1. The van der Waals surface area contributed by atoms with E-state index in [0.29, 0.717) is 0 Å². The highest BCUT2D eigenvalue weighted by Crippen LogP contribution is 2.10. The van der Waals surface area contributed by atoms with Crippen molar-refractivity contribution in [1.29, 1.82) is 0 Å². The summed E-state index contributed by atoms with van der Waals surface area (Å²) >= 11 is 0. The van der Waals surface area contributed by atoms with Gasteiger partial charge >= 0.3 is 0 Å². The summed E-state index contributed by atoms with van der Waals surface area (Å²) in [5, 5.41) is 3.63. The average molecular weight is 240 g/mol. The normalized spacial score (nSPS) is 21.4. The van der Waals surface area contributed by atoms with Crippen molar-refractivity contribution in [3.63, 3.8) is 0 Å². The van der Waals surface area contributed by atoms with Crippen molar-refractivity contribution in [3.05, 3.63) is 0 Å². The monoisotopic (exact) mass is 240 g/mol. The van der Waals surface area contributed by atoms with Gasteiger partial charge in [-0.05, 0) is 57.3 Å². The van der Waals surface area contributed by atoms with Gasteiger partial charge in [0.2, 0.25) is 0 Å². The first-order valence-corrected chi connectivity index (χ1v) is 7.65. The molecule has 2 heteroatoms. The van der Waals surface area contributed by atoms with E-state index in [4.69, 9.17) is 0 Å². The second-order valence-corrected chi connectivity index (χ2v) is 6.02. The van der Waals surface area contributed by atoms with Crippen molar-refractivity contribution in [2.45, 2.75) is 52.9 Å². The third-order valence-electron chi connectivity index (χ3n) is 3.79. The molecule has 1 rings (SSSR count). The molecule has 1 aliphatic rings. The molecule has 0 amide bonds. The molecule has 2 nitrogen and oxygen atoms in total. The van der Waals surface area contributed by atoms with E-state index in [1.807, 2.05) is 0 Å². The van der Waals surface area contributed by atoms with Crippen molar-refractivity contribution in [2.24, 2.45) is 11.8 Å². The van der Waals surface area contributed by atoms with Gasteiger partial charge in [-0.2, -0.15) is 0 Å². The van der Waals surface area contributed by atoms with E-state index in [-0.39, 0.29) is 0 Å². The van der Waals surface area contributed by atoms with Crippen LogP contribution in [0.4, 0.5) is 0 Å². The lowest BCUT2D eigenvalue weighted by atomic mass is 10.1. The van der Waals surface area contributed by atoms with E-state index >= 15 is 0 Å². The highest BCUT2D eigenvalue weighted by atomic mass is 15.1. The molecule has 1 aliphatic heterocycles. The van der Waals surface area contributed by atoms with Gasteiger partial charge < -0.3 is 10.2 Å². The Labute approximate surface area is 108 Å². The smallest absolute Gasteiger partial charge is 0.00191 e. The number of hydrogen-bond acceptors (Lipinski definition) is 2. The molecule has 0 bridgehead atoms. The summed E-state index contributed by atoms with van der Waals surface area (Å²) in [4.78, 5) is 2.64. The second kappa shape index (κ2) is 8.93. The van der Waals surface area contributed by atoms with Crippen LogP contribution in [-0.4, -0.2) is 37.6 Å². The standard InChI is InChI=1S/C15H32N2/c1-4-8-14(2)11-16-12-15(3)13-17-9-6-5-7-10-17/h14-16H,4-13H2,1-3H3. The van der Waals surface area contributed by atoms with Crippen LogP contribution in [0.2, 0.25) is 0 Å². The van der Waals surface area contributed by atoms with Gasteiger partial charge in [-0.15, -0.1) is 0 Å². The highest BCUT2D eigenvalue weighted by Gasteiger charge is 2.13. The lowest BCUT2D eigenvalue weighted by Crippen LogP contribution is -2.37. The van der Waals surface area contributed by atoms with Crippen LogP contribution in [0.15, 0.2) is 0 Å². The zero-order valence-corrected chi connectivity index (χ0v) is 12.2. The van der Waals surface area contributed by atoms with Gasteiger partial charge in [-0.25, -0.2) is 0 Å². The van der Waals surface area contributed by atoms with Gasteiger partial charge in [0.25, 0.3) is 0 Å². The van der Waals surface area contributed by atoms with E-state index in [0.717, 1.165) is 11.8 Å². The van der Waals surface area contributed by atoms with Crippen molar-refractivity contribution >= 4 is 0 Å². The third-order valence-corrected chi connectivity index (χ3v) is 3.79. The van der Waals surface area contributed by atoms with Crippen molar-refractivity contribution in [2.75, 3.05) is 32.7 Å². The average Bonchev–Trinajstić information content (AvgIpc) is 2.30. The summed E-state index contributed by atoms with van der Waals surface area (Å²) in [6.45, 7) is 13.3. The van der Waals surface area contributed by atoms with Crippen LogP contribution in [0.5, 0.6) is 0 Å². The summed E-state index contributed by atoms with van der Waals surface area (Å²) in [5.41, 5.74) is 0. The van der Waals surface area contributed by atoms with Gasteiger partial charge in [0.15, 0.2) is 0 Å². The van der Waals surface area contributed by atoms with E-state index in [9.17, 15) is 0 Å². The second-order valence-electron chi connectivity index (χ2n) is 6.02. The Morgan fingerprint density at radius 1 is 1.00 bits per heavy atom. The zero-order valence-electron chi connectivity index (χ0n) is 12.2. The summed E-state index contributed by atoms with van der Waals surface area (Å²) in [5.74, 6) is 1.63. The number of likely N-dealkylation sites (tertiary alicyclic amines) is 1. The molecule has 1 saturated heterocycles.